The summed E-state index contributed by atoms with van der Waals surface area (Å²) >= 11 is 0. The van der Waals surface area contributed by atoms with Gasteiger partial charge in [0, 0.05) is 12.3 Å². The highest BCUT2D eigenvalue weighted by atomic mass is 16.7. The topological polar surface area (TPSA) is 38.7 Å². The minimum atomic E-state index is -0.282. The van der Waals surface area contributed by atoms with Crippen LogP contribution in [0.5, 0.6) is 0 Å². The summed E-state index contributed by atoms with van der Waals surface area (Å²) in [6.45, 7) is 10.9. The summed E-state index contributed by atoms with van der Waals surface area (Å²) in [5, 5.41) is 10.3. The molecule has 0 aromatic rings. The first-order valence-electron chi connectivity index (χ1n) is 13.3. The monoisotopic (exact) mass is 416 g/mol. The lowest BCUT2D eigenvalue weighted by Gasteiger charge is -2.61. The molecule has 170 valence electrons. The van der Waals surface area contributed by atoms with Crippen LogP contribution in [0.25, 0.3) is 0 Å². The first-order chi connectivity index (χ1) is 14.3. The maximum absolute atomic E-state index is 10.3. The van der Waals surface area contributed by atoms with Crippen molar-refractivity contribution in [2.24, 2.45) is 52.3 Å². The van der Waals surface area contributed by atoms with Gasteiger partial charge in [0.1, 0.15) is 0 Å². The maximum Gasteiger partial charge on any atom is 0.171 e. The van der Waals surface area contributed by atoms with Crippen LogP contribution in [0.15, 0.2) is 0 Å². The number of hydrogen-bond acceptors (Lipinski definition) is 3. The zero-order valence-corrected chi connectivity index (χ0v) is 19.7. The van der Waals surface area contributed by atoms with E-state index in [0.717, 1.165) is 49.5 Å². The zero-order valence-electron chi connectivity index (χ0n) is 19.7. The highest BCUT2D eigenvalue weighted by molar-refractivity contribution is 5.15. The Morgan fingerprint density at radius 1 is 0.833 bits per heavy atom. The molecule has 1 N–H and O–H groups in total. The van der Waals surface area contributed by atoms with Gasteiger partial charge in [0.05, 0.1) is 18.8 Å². The van der Waals surface area contributed by atoms with Gasteiger partial charge >= 0.3 is 0 Å². The summed E-state index contributed by atoms with van der Waals surface area (Å²) in [6.07, 6.45) is 12.9. The Kier molecular flexibility index (Phi) is 4.58. The van der Waals surface area contributed by atoms with Crippen molar-refractivity contribution in [3.8, 4) is 0 Å². The highest BCUT2D eigenvalue weighted by Crippen LogP contribution is 2.71. The molecule has 30 heavy (non-hydrogen) atoms. The molecule has 2 saturated heterocycles. The van der Waals surface area contributed by atoms with E-state index >= 15 is 0 Å². The number of aliphatic hydroxyl groups excluding tert-OH is 1. The predicted molar refractivity (Wildman–Crippen MR) is 118 cm³/mol. The molecule has 6 aliphatic rings. The second kappa shape index (κ2) is 6.70. The predicted octanol–water partition coefficient (Wildman–Crippen LogP) is 5.79. The van der Waals surface area contributed by atoms with Crippen molar-refractivity contribution in [1.29, 1.82) is 0 Å². The molecule has 9 unspecified atom stereocenters. The summed E-state index contributed by atoms with van der Waals surface area (Å²) in [7, 11) is 0. The molecule has 0 aromatic heterocycles. The molecule has 6 rings (SSSR count). The molecule has 4 aliphatic carbocycles. The third kappa shape index (κ3) is 2.61. The van der Waals surface area contributed by atoms with E-state index in [1.165, 1.54) is 44.9 Å². The number of aliphatic hydroxyl groups is 1. The van der Waals surface area contributed by atoms with Gasteiger partial charge in [-0.3, -0.25) is 0 Å². The first kappa shape index (κ1) is 20.5. The van der Waals surface area contributed by atoms with Crippen LogP contribution in [-0.4, -0.2) is 29.7 Å². The van der Waals surface area contributed by atoms with E-state index in [-0.39, 0.29) is 11.9 Å². The normalized spacial score (nSPS) is 62.5. The summed E-state index contributed by atoms with van der Waals surface area (Å²) in [5.41, 5.74) is 0.899. The van der Waals surface area contributed by atoms with Crippen LogP contribution in [0, 0.1) is 52.3 Å². The van der Waals surface area contributed by atoms with Gasteiger partial charge in [-0.1, -0.05) is 27.7 Å². The Labute approximate surface area is 183 Å². The van der Waals surface area contributed by atoms with Gasteiger partial charge in [0.15, 0.2) is 5.79 Å². The molecular formula is C27H44O3. The first-order valence-corrected chi connectivity index (χ1v) is 13.3. The number of rotatable bonds is 0. The lowest BCUT2D eigenvalue weighted by molar-refractivity contribution is -0.273. The lowest BCUT2D eigenvalue weighted by Crippen LogP contribution is -2.55. The van der Waals surface area contributed by atoms with E-state index in [4.69, 9.17) is 9.47 Å². The van der Waals surface area contributed by atoms with Crippen molar-refractivity contribution in [3.05, 3.63) is 0 Å². The summed E-state index contributed by atoms with van der Waals surface area (Å²) in [6, 6.07) is 0. The van der Waals surface area contributed by atoms with Crippen LogP contribution in [0.3, 0.4) is 0 Å². The van der Waals surface area contributed by atoms with Gasteiger partial charge in [-0.2, -0.15) is 0 Å². The molecule has 3 nitrogen and oxygen atoms in total. The number of fused-ring (bicyclic) bond motifs is 7. The van der Waals surface area contributed by atoms with Gasteiger partial charge in [-0.15, -0.1) is 0 Å². The van der Waals surface area contributed by atoms with Crippen molar-refractivity contribution in [2.45, 2.75) is 110 Å². The molecule has 0 amide bonds. The highest BCUT2D eigenvalue weighted by Gasteiger charge is 2.69. The molecular weight excluding hydrogens is 372 g/mol. The quantitative estimate of drug-likeness (QED) is 0.543. The van der Waals surface area contributed by atoms with E-state index in [0.29, 0.717) is 34.7 Å². The van der Waals surface area contributed by atoms with Crippen molar-refractivity contribution < 1.29 is 14.6 Å². The zero-order chi connectivity index (χ0) is 20.9. The van der Waals surface area contributed by atoms with Gasteiger partial charge in [0.2, 0.25) is 0 Å². The molecule has 0 bridgehead atoms. The Morgan fingerprint density at radius 2 is 1.63 bits per heavy atom. The summed E-state index contributed by atoms with van der Waals surface area (Å²) < 4.78 is 13.4. The molecule has 4 saturated carbocycles. The van der Waals surface area contributed by atoms with Gasteiger partial charge in [-0.05, 0) is 104 Å². The molecule has 0 aromatic carbocycles. The van der Waals surface area contributed by atoms with E-state index in [1.807, 2.05) is 0 Å². The minimum absolute atomic E-state index is 0.0389. The van der Waals surface area contributed by atoms with Crippen molar-refractivity contribution >= 4 is 0 Å². The van der Waals surface area contributed by atoms with Crippen molar-refractivity contribution in [2.75, 3.05) is 6.61 Å². The van der Waals surface area contributed by atoms with Crippen LogP contribution >= 0.6 is 0 Å². The summed E-state index contributed by atoms with van der Waals surface area (Å²) in [4.78, 5) is 0. The lowest BCUT2D eigenvalue weighted by atomic mass is 9.44. The Morgan fingerprint density at radius 3 is 2.40 bits per heavy atom. The van der Waals surface area contributed by atoms with Gasteiger partial charge < -0.3 is 14.6 Å². The Hall–Kier alpha value is -0.120. The fourth-order valence-electron chi connectivity index (χ4n) is 10.3. The fraction of sp³-hybridized carbons (Fsp3) is 1.00. The molecule has 2 aliphatic heterocycles. The Bertz CT molecular complexity index is 684. The number of hydrogen-bond donors (Lipinski definition) is 1. The fourth-order valence-corrected chi connectivity index (χ4v) is 10.3. The molecule has 1 spiro atoms. The molecule has 2 heterocycles. The van der Waals surface area contributed by atoms with Gasteiger partial charge in [-0.25, -0.2) is 0 Å². The van der Waals surface area contributed by atoms with Crippen LogP contribution < -0.4 is 0 Å². The van der Waals surface area contributed by atoms with E-state index in [1.54, 1.807) is 0 Å². The largest absolute Gasteiger partial charge is 0.393 e. The van der Waals surface area contributed by atoms with E-state index in [9.17, 15) is 5.11 Å². The van der Waals surface area contributed by atoms with Crippen molar-refractivity contribution in [1.82, 2.24) is 0 Å². The third-order valence-corrected chi connectivity index (χ3v) is 11.9. The van der Waals surface area contributed by atoms with Gasteiger partial charge in [0.25, 0.3) is 0 Å². The third-order valence-electron chi connectivity index (χ3n) is 11.9. The second-order valence-corrected chi connectivity index (χ2v) is 13.1. The van der Waals surface area contributed by atoms with E-state index < -0.39 is 0 Å². The maximum atomic E-state index is 10.3. The average molecular weight is 417 g/mol. The SMILES string of the molecule is CC1CCC2(OC1)OC1C[C@H]3C4CCC5CC(O)CCC5(C)C4CC[C@@]3(C)C1[C@@H]2C. The number of ether oxygens (including phenoxy) is 2. The van der Waals surface area contributed by atoms with Crippen LogP contribution in [0.4, 0.5) is 0 Å². The molecule has 6 fully saturated rings. The smallest absolute Gasteiger partial charge is 0.171 e. The standard InChI is InChI=1S/C27H44O3/c1-16-7-12-27(29-15-16)17(2)24-23(30-27)14-22-20-6-5-18-13-19(28)8-10-25(18,3)21(20)9-11-26(22,24)4/h16-24,28H,5-15H2,1-4H3/t16?,17-,18?,19?,20?,21?,22-,23?,24?,25?,26+,27?/m0/s1. The molecule has 0 radical (unpaired) electrons. The Balaban J connectivity index is 1.26. The molecule has 3 heteroatoms. The van der Waals surface area contributed by atoms with Crippen LogP contribution in [0.1, 0.15) is 91.9 Å². The van der Waals surface area contributed by atoms with Crippen LogP contribution in [-0.2, 0) is 9.47 Å². The van der Waals surface area contributed by atoms with Crippen LogP contribution in [0.2, 0.25) is 0 Å². The summed E-state index contributed by atoms with van der Waals surface area (Å²) in [5.74, 6) is 4.93. The average Bonchev–Trinajstić information content (AvgIpc) is 3.16. The second-order valence-electron chi connectivity index (χ2n) is 13.1. The minimum Gasteiger partial charge on any atom is -0.393 e. The van der Waals surface area contributed by atoms with E-state index in [2.05, 4.69) is 27.7 Å². The molecule has 12 atom stereocenters. The van der Waals surface area contributed by atoms with Crippen molar-refractivity contribution in [3.63, 3.8) is 0 Å².